The maximum Gasteiger partial charge on any atom is 0.229 e. The van der Waals surface area contributed by atoms with Crippen LogP contribution in [0.2, 0.25) is 0 Å². The summed E-state index contributed by atoms with van der Waals surface area (Å²) < 4.78 is 10.6. The van der Waals surface area contributed by atoms with Gasteiger partial charge in [-0.2, -0.15) is 0 Å². The van der Waals surface area contributed by atoms with Gasteiger partial charge in [-0.15, -0.1) is 0 Å². The molecule has 148 valence electrons. The third kappa shape index (κ3) is 3.67. The lowest BCUT2D eigenvalue weighted by Gasteiger charge is -2.20. The van der Waals surface area contributed by atoms with Crippen molar-refractivity contribution in [3.05, 3.63) is 47.0 Å². The highest BCUT2D eigenvalue weighted by Gasteiger charge is 2.36. The van der Waals surface area contributed by atoms with E-state index in [2.05, 4.69) is 5.32 Å². The predicted molar refractivity (Wildman–Crippen MR) is 109 cm³/mol. The van der Waals surface area contributed by atoms with Gasteiger partial charge in [0.15, 0.2) is 11.5 Å². The van der Waals surface area contributed by atoms with E-state index in [9.17, 15) is 9.59 Å². The van der Waals surface area contributed by atoms with E-state index in [1.54, 1.807) is 25.2 Å². The molecule has 0 saturated carbocycles. The summed E-state index contributed by atoms with van der Waals surface area (Å²) in [7, 11) is 3.12. The van der Waals surface area contributed by atoms with Crippen molar-refractivity contribution in [2.24, 2.45) is 5.92 Å². The fourth-order valence-corrected chi connectivity index (χ4v) is 3.49. The molecule has 1 atom stereocenters. The summed E-state index contributed by atoms with van der Waals surface area (Å²) in [6.45, 7) is 6.28. The quantitative estimate of drug-likeness (QED) is 0.858. The van der Waals surface area contributed by atoms with E-state index in [0.29, 0.717) is 23.7 Å². The Morgan fingerprint density at radius 1 is 1.07 bits per heavy atom. The van der Waals surface area contributed by atoms with Gasteiger partial charge in [0.1, 0.15) is 0 Å². The third-order valence-corrected chi connectivity index (χ3v) is 5.35. The zero-order chi connectivity index (χ0) is 20.4. The van der Waals surface area contributed by atoms with Gasteiger partial charge in [0.25, 0.3) is 0 Å². The highest BCUT2D eigenvalue weighted by atomic mass is 16.5. The molecule has 1 aliphatic heterocycles. The summed E-state index contributed by atoms with van der Waals surface area (Å²) in [6.07, 6.45) is 0.200. The minimum atomic E-state index is -0.403. The van der Waals surface area contributed by atoms with Crippen LogP contribution in [0.1, 0.15) is 23.1 Å². The number of aryl methyl sites for hydroxylation is 2. The zero-order valence-corrected chi connectivity index (χ0v) is 17.0. The molecule has 3 rings (SSSR count). The van der Waals surface area contributed by atoms with Gasteiger partial charge >= 0.3 is 0 Å². The minimum Gasteiger partial charge on any atom is -0.493 e. The molecular weight excluding hydrogens is 356 g/mol. The number of nitrogens with zero attached hydrogens (tertiary/aromatic N) is 1. The van der Waals surface area contributed by atoms with Crippen molar-refractivity contribution in [2.45, 2.75) is 27.2 Å². The second-order valence-electron chi connectivity index (χ2n) is 7.14. The smallest absolute Gasteiger partial charge is 0.229 e. The van der Waals surface area contributed by atoms with Crippen molar-refractivity contribution in [2.75, 3.05) is 31.0 Å². The fourth-order valence-electron chi connectivity index (χ4n) is 3.49. The van der Waals surface area contributed by atoms with Gasteiger partial charge < -0.3 is 19.7 Å². The standard InChI is InChI=1S/C22H26N2O4/c1-13-7-6-8-18(15(13)3)24-12-16(10-21(24)25)22(26)23-17-11-20(28-5)19(27-4)9-14(17)2/h6-9,11,16H,10,12H2,1-5H3,(H,23,26). The molecule has 0 aliphatic carbocycles. The van der Waals surface area contributed by atoms with Crippen molar-refractivity contribution in [1.29, 1.82) is 0 Å². The number of rotatable bonds is 5. The Kier molecular flexibility index (Phi) is 5.58. The van der Waals surface area contributed by atoms with Crippen molar-refractivity contribution in [1.82, 2.24) is 0 Å². The van der Waals surface area contributed by atoms with Gasteiger partial charge in [-0.1, -0.05) is 12.1 Å². The van der Waals surface area contributed by atoms with Crippen LogP contribution in [-0.2, 0) is 9.59 Å². The van der Waals surface area contributed by atoms with Crippen LogP contribution < -0.4 is 19.7 Å². The SMILES string of the molecule is COc1cc(C)c(NC(=O)C2CC(=O)N(c3cccc(C)c3C)C2)cc1OC. The molecule has 28 heavy (non-hydrogen) atoms. The van der Waals surface area contributed by atoms with Crippen LogP contribution in [0.15, 0.2) is 30.3 Å². The number of carbonyl (C=O) groups excluding carboxylic acids is 2. The molecule has 1 unspecified atom stereocenters. The molecule has 0 bridgehead atoms. The summed E-state index contributed by atoms with van der Waals surface area (Å²) in [5.41, 5.74) is 4.58. The molecule has 2 aromatic carbocycles. The summed E-state index contributed by atoms with van der Waals surface area (Å²) in [4.78, 5) is 27.1. The van der Waals surface area contributed by atoms with Crippen LogP contribution in [0, 0.1) is 26.7 Å². The Labute approximate surface area is 165 Å². The number of hydrogen-bond donors (Lipinski definition) is 1. The van der Waals surface area contributed by atoms with Crippen LogP contribution in [-0.4, -0.2) is 32.6 Å². The van der Waals surface area contributed by atoms with Gasteiger partial charge in [-0.3, -0.25) is 9.59 Å². The first-order valence-electron chi connectivity index (χ1n) is 9.25. The molecule has 1 aliphatic rings. The Bertz CT molecular complexity index is 923. The van der Waals surface area contributed by atoms with Crippen molar-refractivity contribution in [3.63, 3.8) is 0 Å². The fraction of sp³-hybridized carbons (Fsp3) is 0.364. The van der Waals surface area contributed by atoms with Crippen LogP contribution in [0.5, 0.6) is 11.5 Å². The summed E-state index contributed by atoms with van der Waals surface area (Å²) in [6, 6.07) is 9.44. The zero-order valence-electron chi connectivity index (χ0n) is 17.0. The molecule has 0 aromatic heterocycles. The van der Waals surface area contributed by atoms with E-state index < -0.39 is 5.92 Å². The van der Waals surface area contributed by atoms with E-state index in [4.69, 9.17) is 9.47 Å². The van der Waals surface area contributed by atoms with E-state index >= 15 is 0 Å². The van der Waals surface area contributed by atoms with Gasteiger partial charge in [0.05, 0.1) is 20.1 Å². The number of nitrogens with one attached hydrogen (secondary N) is 1. The predicted octanol–water partition coefficient (Wildman–Crippen LogP) is 3.62. The van der Waals surface area contributed by atoms with Crippen LogP contribution in [0.4, 0.5) is 11.4 Å². The first-order valence-corrected chi connectivity index (χ1v) is 9.25. The van der Waals surface area contributed by atoms with Gasteiger partial charge in [0, 0.05) is 30.4 Å². The average molecular weight is 382 g/mol. The second kappa shape index (κ2) is 7.92. The Morgan fingerprint density at radius 3 is 2.43 bits per heavy atom. The number of methoxy groups -OCH3 is 2. The summed E-state index contributed by atoms with van der Waals surface area (Å²) >= 11 is 0. The Morgan fingerprint density at radius 2 is 1.75 bits per heavy atom. The number of amides is 2. The van der Waals surface area contributed by atoms with E-state index in [-0.39, 0.29) is 18.2 Å². The number of benzene rings is 2. The lowest BCUT2D eigenvalue weighted by atomic mass is 10.1. The number of carbonyl (C=O) groups is 2. The molecular formula is C22H26N2O4. The van der Waals surface area contributed by atoms with E-state index in [1.165, 1.54) is 0 Å². The first-order chi connectivity index (χ1) is 13.3. The average Bonchev–Trinajstić information content (AvgIpc) is 3.06. The molecule has 2 amide bonds. The van der Waals surface area contributed by atoms with Crippen molar-refractivity contribution in [3.8, 4) is 11.5 Å². The highest BCUT2D eigenvalue weighted by molar-refractivity contribution is 6.04. The monoisotopic (exact) mass is 382 g/mol. The Hall–Kier alpha value is -3.02. The van der Waals surface area contributed by atoms with Crippen LogP contribution in [0.3, 0.4) is 0 Å². The van der Waals surface area contributed by atoms with E-state index in [0.717, 1.165) is 22.4 Å². The second-order valence-corrected chi connectivity index (χ2v) is 7.14. The molecule has 6 heteroatoms. The van der Waals surface area contributed by atoms with Crippen molar-refractivity contribution >= 4 is 23.2 Å². The van der Waals surface area contributed by atoms with Gasteiger partial charge in [-0.25, -0.2) is 0 Å². The largest absolute Gasteiger partial charge is 0.493 e. The number of hydrogen-bond acceptors (Lipinski definition) is 4. The molecule has 1 saturated heterocycles. The van der Waals surface area contributed by atoms with Crippen LogP contribution >= 0.6 is 0 Å². The molecule has 0 radical (unpaired) electrons. The molecule has 1 heterocycles. The minimum absolute atomic E-state index is 0.0297. The van der Waals surface area contributed by atoms with Crippen molar-refractivity contribution < 1.29 is 19.1 Å². The van der Waals surface area contributed by atoms with Gasteiger partial charge in [-0.05, 0) is 49.6 Å². The maximum atomic E-state index is 12.8. The molecule has 2 aromatic rings. The maximum absolute atomic E-state index is 12.8. The first kappa shape index (κ1) is 19.7. The molecule has 6 nitrogen and oxygen atoms in total. The molecule has 1 N–H and O–H groups in total. The summed E-state index contributed by atoms with van der Waals surface area (Å²) in [5.74, 6) is 0.548. The molecule has 0 spiro atoms. The Balaban J connectivity index is 1.78. The summed E-state index contributed by atoms with van der Waals surface area (Å²) in [5, 5.41) is 2.94. The van der Waals surface area contributed by atoms with E-state index in [1.807, 2.05) is 45.0 Å². The lowest BCUT2D eigenvalue weighted by molar-refractivity contribution is -0.122. The lowest BCUT2D eigenvalue weighted by Crippen LogP contribution is -2.28. The molecule has 1 fully saturated rings. The topological polar surface area (TPSA) is 67.9 Å². The normalized spacial score (nSPS) is 16.2. The van der Waals surface area contributed by atoms with Crippen LogP contribution in [0.25, 0.3) is 0 Å². The number of anilines is 2. The third-order valence-electron chi connectivity index (χ3n) is 5.35. The number of ether oxygens (including phenoxy) is 2. The van der Waals surface area contributed by atoms with Gasteiger partial charge in [0.2, 0.25) is 11.8 Å². The highest BCUT2D eigenvalue weighted by Crippen LogP contribution is 2.34.